The molecule has 0 aromatic carbocycles. The lowest BCUT2D eigenvalue weighted by atomic mass is 10.3. The second-order valence-corrected chi connectivity index (χ2v) is 6.11. The van der Waals surface area contributed by atoms with Gasteiger partial charge in [-0.1, -0.05) is 29.0 Å². The molecule has 0 aromatic heterocycles. The maximum atomic E-state index is 11.9. The van der Waals surface area contributed by atoms with E-state index in [9.17, 15) is 4.79 Å². The van der Waals surface area contributed by atoms with Crippen LogP contribution in [0.5, 0.6) is 0 Å². The van der Waals surface area contributed by atoms with E-state index in [1.807, 2.05) is 7.05 Å². The quantitative estimate of drug-likeness (QED) is 0.554. The largest absolute Gasteiger partial charge is 0.343 e. The average molecular weight is 259 g/mol. The monoisotopic (exact) mass is 259 g/mol. The fraction of sp³-hybridized carbons (Fsp3) is 0.667. The van der Waals surface area contributed by atoms with Crippen molar-refractivity contribution in [1.82, 2.24) is 15.5 Å². The molecule has 0 spiro atoms. The zero-order valence-electron chi connectivity index (χ0n) is 9.14. The number of amides is 2. The minimum atomic E-state index is -0.419. The Bertz CT molecular complexity index is 329. The number of ether oxygens (including phenoxy) is 1. The van der Waals surface area contributed by atoms with Crippen LogP contribution in [0.2, 0.25) is 0 Å². The van der Waals surface area contributed by atoms with Crippen LogP contribution in [-0.4, -0.2) is 61.0 Å². The molecule has 0 aliphatic carbocycles. The number of likely N-dealkylation sites (N-methyl/N-ethyl adjacent to an activating group) is 1. The number of carbonyl (C=O) groups excluding carboxylic acids is 1. The summed E-state index contributed by atoms with van der Waals surface area (Å²) in [6, 6.07) is -0.0821. The molecule has 2 atom stereocenters. The van der Waals surface area contributed by atoms with Gasteiger partial charge in [0.2, 0.25) is 0 Å². The summed E-state index contributed by atoms with van der Waals surface area (Å²) >= 11 is 0. The van der Waals surface area contributed by atoms with E-state index in [1.165, 1.54) is 0 Å². The molecule has 2 heterocycles. The van der Waals surface area contributed by atoms with E-state index in [4.69, 9.17) is 4.74 Å². The molecule has 2 fully saturated rings. The van der Waals surface area contributed by atoms with Gasteiger partial charge in [-0.3, -0.25) is 4.90 Å². The van der Waals surface area contributed by atoms with Crippen LogP contribution in [0.3, 0.4) is 0 Å². The van der Waals surface area contributed by atoms with Crippen LogP contribution in [0, 0.1) is 0 Å². The van der Waals surface area contributed by atoms with Gasteiger partial charge < -0.3 is 15.4 Å². The van der Waals surface area contributed by atoms with E-state index >= 15 is 0 Å². The lowest BCUT2D eigenvalue weighted by Crippen LogP contribution is -2.58. The van der Waals surface area contributed by atoms with Crippen molar-refractivity contribution in [3.8, 4) is 0 Å². The number of nitrogens with one attached hydrogen (secondary N) is 2. The van der Waals surface area contributed by atoms with Crippen molar-refractivity contribution >= 4 is 35.0 Å². The summed E-state index contributed by atoms with van der Waals surface area (Å²) in [6.45, 7) is 1.42. The number of rotatable bonds is 5. The van der Waals surface area contributed by atoms with E-state index < -0.39 is 5.02 Å². The van der Waals surface area contributed by atoms with Gasteiger partial charge in [0.1, 0.15) is 6.10 Å². The Kier molecular flexibility index (Phi) is 3.32. The molecule has 2 amide bonds. The van der Waals surface area contributed by atoms with Crippen molar-refractivity contribution in [2.24, 2.45) is 0 Å². The second kappa shape index (κ2) is 4.42. The molecule has 2 saturated heterocycles. The first-order valence-corrected chi connectivity index (χ1v) is 7.19. The second-order valence-electron chi connectivity index (χ2n) is 3.72. The van der Waals surface area contributed by atoms with Crippen LogP contribution in [0.25, 0.3) is 0 Å². The SMILES string of the molecule is C=PC1(P=C)NC(=O)N(CCNC)C2OC21. The van der Waals surface area contributed by atoms with Gasteiger partial charge in [-0.25, -0.2) is 4.79 Å². The third kappa shape index (κ3) is 1.78. The van der Waals surface area contributed by atoms with Crippen molar-refractivity contribution in [3.05, 3.63) is 0 Å². The topological polar surface area (TPSA) is 56.9 Å². The molecule has 2 unspecified atom stereocenters. The van der Waals surface area contributed by atoms with E-state index in [-0.39, 0.29) is 18.4 Å². The maximum Gasteiger partial charge on any atom is 0.321 e. The van der Waals surface area contributed by atoms with E-state index in [0.29, 0.717) is 6.54 Å². The highest BCUT2D eigenvalue weighted by molar-refractivity contribution is 7.57. The normalized spacial score (nSPS) is 37.3. The molecule has 5 nitrogen and oxygen atoms in total. The standard InChI is InChI=1S/C9H15N3O2P2/c1-10-4-5-12-7-6(14-7)9(15-2,16-3)11-8(12)13/h6-7,10H,2-5H2,1H3,(H,11,13). The molecular weight excluding hydrogens is 244 g/mol. The Hall–Kier alpha value is -0.470. The molecule has 2 aliphatic heterocycles. The molecule has 2 aliphatic rings. The van der Waals surface area contributed by atoms with Gasteiger partial charge in [0.15, 0.2) is 11.2 Å². The summed E-state index contributed by atoms with van der Waals surface area (Å²) in [5.41, 5.74) is 0. The van der Waals surface area contributed by atoms with E-state index in [1.54, 1.807) is 4.90 Å². The number of carbonyl (C=O) groups is 1. The Morgan fingerprint density at radius 3 is 2.88 bits per heavy atom. The van der Waals surface area contributed by atoms with Gasteiger partial charge in [0.05, 0.1) is 0 Å². The summed E-state index contributed by atoms with van der Waals surface area (Å²) in [6.07, 6.45) is 7.64. The van der Waals surface area contributed by atoms with Crippen LogP contribution in [0.4, 0.5) is 4.79 Å². The van der Waals surface area contributed by atoms with Crippen LogP contribution in [-0.2, 0) is 4.74 Å². The fourth-order valence-electron chi connectivity index (χ4n) is 1.82. The third-order valence-corrected chi connectivity index (χ3v) is 5.35. The number of hydrogen-bond donors (Lipinski definition) is 2. The molecule has 2 rings (SSSR count). The first-order valence-electron chi connectivity index (χ1n) is 5.03. The van der Waals surface area contributed by atoms with E-state index in [0.717, 1.165) is 23.0 Å². The summed E-state index contributed by atoms with van der Waals surface area (Å²) in [5, 5.41) is 5.56. The van der Waals surface area contributed by atoms with Crippen molar-refractivity contribution in [1.29, 1.82) is 0 Å². The number of nitrogens with zero attached hydrogens (tertiary/aromatic N) is 1. The van der Waals surface area contributed by atoms with Gasteiger partial charge >= 0.3 is 6.03 Å². The lowest BCUT2D eigenvalue weighted by Gasteiger charge is -2.34. The number of hydrogen-bond acceptors (Lipinski definition) is 3. The first-order chi connectivity index (χ1) is 7.68. The van der Waals surface area contributed by atoms with Gasteiger partial charge in [-0.05, 0) is 7.05 Å². The van der Waals surface area contributed by atoms with Crippen LogP contribution >= 0.6 is 16.4 Å². The van der Waals surface area contributed by atoms with Gasteiger partial charge in [-0.15, -0.1) is 0 Å². The van der Waals surface area contributed by atoms with Gasteiger partial charge in [0.25, 0.3) is 0 Å². The summed E-state index contributed by atoms with van der Waals surface area (Å²) in [4.78, 5) is 13.6. The minimum absolute atomic E-state index is 0.0281. The number of epoxide rings is 1. The number of urea groups is 1. The molecule has 2 N–H and O–H groups in total. The smallest absolute Gasteiger partial charge is 0.321 e. The Morgan fingerprint density at radius 2 is 2.31 bits per heavy atom. The number of fused-ring (bicyclic) bond motifs is 1. The Balaban J connectivity index is 2.10. The molecule has 0 aromatic rings. The molecule has 0 bridgehead atoms. The fourth-order valence-corrected chi connectivity index (χ4v) is 3.31. The van der Waals surface area contributed by atoms with Crippen molar-refractivity contribution in [2.45, 2.75) is 17.4 Å². The van der Waals surface area contributed by atoms with Crippen LogP contribution < -0.4 is 10.6 Å². The summed E-state index contributed by atoms with van der Waals surface area (Å²) < 4.78 is 5.58. The highest BCUT2D eigenvalue weighted by Crippen LogP contribution is 2.49. The molecule has 88 valence electrons. The minimum Gasteiger partial charge on any atom is -0.343 e. The Labute approximate surface area is 98.1 Å². The first kappa shape index (κ1) is 12.0. The molecule has 0 radical (unpaired) electrons. The zero-order valence-corrected chi connectivity index (χ0v) is 10.9. The summed E-state index contributed by atoms with van der Waals surface area (Å²) in [5.74, 6) is 0. The average Bonchev–Trinajstić information content (AvgIpc) is 3.07. The van der Waals surface area contributed by atoms with Crippen LogP contribution in [0.15, 0.2) is 0 Å². The van der Waals surface area contributed by atoms with Crippen molar-refractivity contribution in [3.63, 3.8) is 0 Å². The molecule has 0 saturated carbocycles. The zero-order chi connectivity index (χ0) is 11.8. The predicted molar refractivity (Wildman–Crippen MR) is 68.6 cm³/mol. The third-order valence-electron chi connectivity index (χ3n) is 2.81. The van der Waals surface area contributed by atoms with Crippen LogP contribution in [0.1, 0.15) is 0 Å². The Morgan fingerprint density at radius 1 is 1.62 bits per heavy atom. The van der Waals surface area contributed by atoms with Gasteiger partial charge in [-0.2, -0.15) is 0 Å². The maximum absolute atomic E-state index is 11.9. The van der Waals surface area contributed by atoms with Crippen molar-refractivity contribution in [2.75, 3.05) is 20.1 Å². The summed E-state index contributed by atoms with van der Waals surface area (Å²) in [7, 11) is 3.56. The highest BCUT2D eigenvalue weighted by atomic mass is 31.1. The molecule has 16 heavy (non-hydrogen) atoms. The molecule has 7 heteroatoms. The van der Waals surface area contributed by atoms with Crippen molar-refractivity contribution < 1.29 is 9.53 Å². The highest BCUT2D eigenvalue weighted by Gasteiger charge is 2.61. The predicted octanol–water partition coefficient (Wildman–Crippen LogP) is 0.366. The molecular formula is C9H15N3O2P2. The van der Waals surface area contributed by atoms with Gasteiger partial charge in [0, 0.05) is 13.1 Å². The lowest BCUT2D eigenvalue weighted by molar-refractivity contribution is 0.166. The van der Waals surface area contributed by atoms with E-state index in [2.05, 4.69) is 23.2 Å².